The van der Waals surface area contributed by atoms with Crippen LogP contribution < -0.4 is 5.73 Å². The number of nitrogens with two attached hydrogens (primary N) is 1. The maximum absolute atomic E-state index is 12.1. The Balaban J connectivity index is 1.98. The molecule has 3 heterocycles. The second-order valence-electron chi connectivity index (χ2n) is 6.28. The number of hydrogen-bond donors (Lipinski definition) is 1. The summed E-state index contributed by atoms with van der Waals surface area (Å²) in [6, 6.07) is 17.2. The third kappa shape index (κ3) is 2.29. The maximum Gasteiger partial charge on any atom is 0.251 e. The predicted octanol–water partition coefficient (Wildman–Crippen LogP) is 4.24. The van der Waals surface area contributed by atoms with Crippen LogP contribution in [0.3, 0.4) is 0 Å². The van der Waals surface area contributed by atoms with E-state index in [1.165, 1.54) is 6.20 Å². The van der Waals surface area contributed by atoms with Crippen molar-refractivity contribution in [3.8, 4) is 11.1 Å². The first kappa shape index (κ1) is 15.8. The molecule has 0 aliphatic carbocycles. The Hall–Kier alpha value is -3.44. The number of nitrogens with zero attached hydrogens (tertiary/aromatic N) is 3. The summed E-state index contributed by atoms with van der Waals surface area (Å²) in [7, 11) is 0. The van der Waals surface area contributed by atoms with Gasteiger partial charge in [-0.15, -0.1) is 0 Å². The van der Waals surface area contributed by atoms with Gasteiger partial charge in [-0.2, -0.15) is 5.10 Å². The summed E-state index contributed by atoms with van der Waals surface area (Å²) in [5.41, 5.74) is 11.5. The number of rotatable bonds is 2. The Morgan fingerprint density at radius 1 is 0.963 bits per heavy atom. The molecule has 1 aliphatic heterocycles. The smallest absolute Gasteiger partial charge is 0.251 e. The van der Waals surface area contributed by atoms with Gasteiger partial charge in [0.05, 0.1) is 28.7 Å². The molecule has 0 unspecified atom stereocenters. The Bertz CT molecular complexity index is 1270. The predicted molar refractivity (Wildman–Crippen MR) is 106 cm³/mol. The lowest BCUT2D eigenvalue weighted by atomic mass is 9.96. The van der Waals surface area contributed by atoms with Crippen LogP contribution in [0.25, 0.3) is 16.6 Å². The molecule has 1 amide bonds. The molecule has 5 rings (SSSR count). The fraction of sp³-hybridized carbons (Fsp3) is 0. The molecule has 0 bridgehead atoms. The first-order chi connectivity index (χ1) is 13.1. The summed E-state index contributed by atoms with van der Waals surface area (Å²) in [6.45, 7) is 0. The quantitative estimate of drug-likeness (QED) is 0.503. The number of amides is 1. The van der Waals surface area contributed by atoms with Crippen LogP contribution in [0.15, 0.2) is 72.0 Å². The van der Waals surface area contributed by atoms with E-state index < -0.39 is 5.91 Å². The maximum atomic E-state index is 12.1. The van der Waals surface area contributed by atoms with Crippen molar-refractivity contribution in [2.75, 3.05) is 0 Å². The van der Waals surface area contributed by atoms with Crippen LogP contribution in [0, 0.1) is 0 Å². The molecule has 5 nitrogen and oxygen atoms in total. The average molecular weight is 373 g/mol. The average Bonchev–Trinajstić information content (AvgIpc) is 3.04. The Morgan fingerprint density at radius 3 is 2.48 bits per heavy atom. The molecular formula is C21H13ClN4O. The molecule has 6 heteroatoms. The minimum Gasteiger partial charge on any atom is -0.366 e. The van der Waals surface area contributed by atoms with Gasteiger partial charge in [0.2, 0.25) is 0 Å². The van der Waals surface area contributed by atoms with E-state index in [1.54, 1.807) is 4.52 Å². The highest BCUT2D eigenvalue weighted by molar-refractivity contribution is 6.36. The van der Waals surface area contributed by atoms with Crippen molar-refractivity contribution in [1.29, 1.82) is 0 Å². The van der Waals surface area contributed by atoms with Gasteiger partial charge in [0.25, 0.3) is 5.91 Å². The Kier molecular flexibility index (Phi) is 3.39. The van der Waals surface area contributed by atoms with E-state index in [1.807, 2.05) is 60.8 Å². The van der Waals surface area contributed by atoms with Crippen LogP contribution >= 0.6 is 11.6 Å². The van der Waals surface area contributed by atoms with Crippen molar-refractivity contribution >= 4 is 34.4 Å². The number of halogens is 1. The topological polar surface area (TPSA) is 72.8 Å². The Labute approximate surface area is 159 Å². The van der Waals surface area contributed by atoms with E-state index in [0.717, 1.165) is 39.2 Å². The standard InChI is InChI=1S/C21H13ClN4O/c22-16-7-3-1-5-12(16)19-14-9-10-26-20(14)18(15(11-24-26)21(23)27)13-6-2-4-8-17(13)25-19/h1-11H,(H2,23,27). The molecule has 0 spiro atoms. The lowest BCUT2D eigenvalue weighted by Gasteiger charge is -2.10. The first-order valence-corrected chi connectivity index (χ1v) is 8.76. The molecule has 4 aromatic rings. The van der Waals surface area contributed by atoms with Gasteiger partial charge in [-0.1, -0.05) is 48.0 Å². The van der Waals surface area contributed by atoms with Crippen molar-refractivity contribution in [2.24, 2.45) is 10.7 Å². The van der Waals surface area contributed by atoms with Crippen LogP contribution in [-0.4, -0.2) is 21.2 Å². The number of carbonyl (C=O) groups excluding carboxylic acids is 1. The van der Waals surface area contributed by atoms with E-state index >= 15 is 0 Å². The molecule has 2 aromatic carbocycles. The fourth-order valence-electron chi connectivity index (χ4n) is 3.55. The van der Waals surface area contributed by atoms with Crippen LogP contribution in [0.2, 0.25) is 5.02 Å². The third-order valence-electron chi connectivity index (χ3n) is 4.74. The minimum atomic E-state index is -0.525. The van der Waals surface area contributed by atoms with Crippen molar-refractivity contribution in [3.63, 3.8) is 0 Å². The lowest BCUT2D eigenvalue weighted by molar-refractivity contribution is 0.100. The summed E-state index contributed by atoms with van der Waals surface area (Å²) in [5, 5.41) is 4.97. The summed E-state index contributed by atoms with van der Waals surface area (Å²) >= 11 is 6.47. The number of carbonyl (C=O) groups is 1. The summed E-state index contributed by atoms with van der Waals surface area (Å²) in [6.07, 6.45) is 3.35. The summed E-state index contributed by atoms with van der Waals surface area (Å²) < 4.78 is 1.74. The van der Waals surface area contributed by atoms with Crippen LogP contribution in [0.5, 0.6) is 0 Å². The number of fused-ring (bicyclic) bond motifs is 2. The van der Waals surface area contributed by atoms with Crippen molar-refractivity contribution in [2.45, 2.75) is 0 Å². The van der Waals surface area contributed by atoms with Crippen LogP contribution in [-0.2, 0) is 0 Å². The molecule has 2 aromatic heterocycles. The van der Waals surface area contributed by atoms with Gasteiger partial charge in [0, 0.05) is 33.5 Å². The van der Waals surface area contributed by atoms with Crippen molar-refractivity contribution in [3.05, 3.63) is 88.7 Å². The van der Waals surface area contributed by atoms with E-state index in [0.29, 0.717) is 10.6 Å². The minimum absolute atomic E-state index is 0.366. The molecule has 0 saturated heterocycles. The normalized spacial score (nSPS) is 12.4. The van der Waals surface area contributed by atoms with Gasteiger partial charge in [-0.3, -0.25) is 4.79 Å². The SMILES string of the molecule is NC(=O)c1cnn2ccc3c2c1-c1ccccc1N=C3c1ccccc1Cl. The fourth-order valence-corrected chi connectivity index (χ4v) is 3.78. The molecule has 1 aliphatic rings. The molecular weight excluding hydrogens is 360 g/mol. The highest BCUT2D eigenvalue weighted by atomic mass is 35.5. The van der Waals surface area contributed by atoms with Gasteiger partial charge >= 0.3 is 0 Å². The highest BCUT2D eigenvalue weighted by Gasteiger charge is 2.26. The molecule has 2 N–H and O–H groups in total. The van der Waals surface area contributed by atoms with E-state index in [-0.39, 0.29) is 0 Å². The number of primary amides is 1. The second-order valence-corrected chi connectivity index (χ2v) is 6.68. The molecule has 0 saturated carbocycles. The van der Waals surface area contributed by atoms with Gasteiger partial charge in [0.15, 0.2) is 0 Å². The van der Waals surface area contributed by atoms with Gasteiger partial charge in [-0.05, 0) is 18.2 Å². The third-order valence-corrected chi connectivity index (χ3v) is 5.07. The van der Waals surface area contributed by atoms with Crippen molar-refractivity contribution < 1.29 is 4.79 Å². The largest absolute Gasteiger partial charge is 0.366 e. The van der Waals surface area contributed by atoms with Gasteiger partial charge < -0.3 is 5.73 Å². The monoisotopic (exact) mass is 372 g/mol. The van der Waals surface area contributed by atoms with E-state index in [4.69, 9.17) is 22.3 Å². The molecule has 130 valence electrons. The molecule has 0 radical (unpaired) electrons. The van der Waals surface area contributed by atoms with Crippen molar-refractivity contribution in [1.82, 2.24) is 9.61 Å². The zero-order chi connectivity index (χ0) is 18.5. The second kappa shape index (κ2) is 5.79. The van der Waals surface area contributed by atoms with Crippen LogP contribution in [0.4, 0.5) is 5.69 Å². The van der Waals surface area contributed by atoms with E-state index in [9.17, 15) is 4.79 Å². The molecule has 27 heavy (non-hydrogen) atoms. The first-order valence-electron chi connectivity index (χ1n) is 8.38. The van der Waals surface area contributed by atoms with Crippen LogP contribution in [0.1, 0.15) is 21.5 Å². The molecule has 0 atom stereocenters. The number of aromatic nitrogens is 2. The summed E-state index contributed by atoms with van der Waals surface area (Å²) in [4.78, 5) is 17.0. The number of para-hydroxylation sites is 1. The molecule has 0 fully saturated rings. The number of benzene rings is 2. The van der Waals surface area contributed by atoms with E-state index in [2.05, 4.69) is 5.10 Å². The van der Waals surface area contributed by atoms with Gasteiger partial charge in [-0.25, -0.2) is 9.51 Å². The zero-order valence-corrected chi connectivity index (χ0v) is 14.8. The highest BCUT2D eigenvalue weighted by Crippen LogP contribution is 2.41. The number of hydrogen-bond acceptors (Lipinski definition) is 3. The summed E-state index contributed by atoms with van der Waals surface area (Å²) in [5.74, 6) is -0.525. The zero-order valence-electron chi connectivity index (χ0n) is 14.1. The lowest BCUT2D eigenvalue weighted by Crippen LogP contribution is -2.14. The number of aliphatic imine (C=N–C) groups is 1. The van der Waals surface area contributed by atoms with Gasteiger partial charge in [0.1, 0.15) is 0 Å². The Morgan fingerprint density at radius 2 is 1.70 bits per heavy atom.